The topological polar surface area (TPSA) is 43.1 Å². The standard InChI is InChI=1S/C5H5ClINO/c6-3-1-2-7-4(3)5(8)9/h1-2,7H,(H2,8,9). The Bertz CT molecular complexity index is 209. The van der Waals surface area contributed by atoms with Crippen LogP contribution in [-0.4, -0.2) is 5.91 Å². The average Bonchev–Trinajstić information content (AvgIpc) is 2.13. The van der Waals surface area contributed by atoms with Crippen molar-refractivity contribution in [3.63, 3.8) is 0 Å². The normalized spacial score (nSPS) is 17.9. The molecule has 0 aromatic heterocycles. The Hall–Kier alpha value is -0.0300. The zero-order chi connectivity index (χ0) is 6.85. The molecule has 1 amide bonds. The van der Waals surface area contributed by atoms with Gasteiger partial charge < -0.3 is 0 Å². The molecule has 1 heterocycles. The van der Waals surface area contributed by atoms with Crippen LogP contribution in [0.15, 0.2) is 18.8 Å². The van der Waals surface area contributed by atoms with Gasteiger partial charge in [-0.25, -0.2) is 0 Å². The molecule has 1 aliphatic rings. The fourth-order valence-corrected chi connectivity index (χ4v) is 2.98. The van der Waals surface area contributed by atoms with Crippen molar-refractivity contribution in [2.75, 3.05) is 0 Å². The molecule has 2 N–H and O–H groups in total. The molecular weight excluding hydrogens is 252 g/mol. The van der Waals surface area contributed by atoms with E-state index in [4.69, 9.17) is 17.3 Å². The number of carbonyl (C=O) groups excluding carboxylic acids is 1. The van der Waals surface area contributed by atoms with Crippen molar-refractivity contribution in [3.05, 3.63) is 18.8 Å². The molecule has 4 heteroatoms. The van der Waals surface area contributed by atoms with Gasteiger partial charge in [-0.15, -0.1) is 0 Å². The zero-order valence-corrected chi connectivity index (χ0v) is 7.51. The van der Waals surface area contributed by atoms with Crippen LogP contribution in [0.5, 0.6) is 0 Å². The number of amides is 1. The molecular formula is C5H5ClINO. The number of halogens is 2. The molecule has 0 bridgehead atoms. The third kappa shape index (κ3) is 1.46. The maximum absolute atomic E-state index is 10.5. The zero-order valence-electron chi connectivity index (χ0n) is 4.43. The molecule has 50 valence electrons. The van der Waals surface area contributed by atoms with Crippen LogP contribution < -0.4 is 5.73 Å². The van der Waals surface area contributed by atoms with E-state index in [9.17, 15) is 4.79 Å². The predicted molar refractivity (Wildman–Crippen MR) is 46.6 cm³/mol. The fraction of sp³-hybridized carbons (Fsp3) is 0. The Balaban J connectivity index is 2.85. The number of rotatable bonds is 1. The Morgan fingerprint density at radius 3 is 2.67 bits per heavy atom. The van der Waals surface area contributed by atoms with Gasteiger partial charge >= 0.3 is 68.0 Å². The van der Waals surface area contributed by atoms with Crippen molar-refractivity contribution >= 4 is 38.7 Å². The Labute approximate surface area is 68.0 Å². The number of allylic oxidation sites excluding steroid dienone is 2. The first kappa shape index (κ1) is 7.08. The van der Waals surface area contributed by atoms with Crippen LogP contribution in [0.4, 0.5) is 0 Å². The molecule has 0 saturated heterocycles. The Morgan fingerprint density at radius 2 is 2.44 bits per heavy atom. The van der Waals surface area contributed by atoms with Crippen LogP contribution in [0.25, 0.3) is 0 Å². The average molecular weight is 257 g/mol. The summed E-state index contributed by atoms with van der Waals surface area (Å²) in [6, 6.07) is 0. The van der Waals surface area contributed by atoms with Gasteiger partial charge in [-0.1, -0.05) is 0 Å². The van der Waals surface area contributed by atoms with Crippen molar-refractivity contribution in [2.24, 2.45) is 5.73 Å². The van der Waals surface area contributed by atoms with Gasteiger partial charge in [0.05, 0.1) is 0 Å². The minimum atomic E-state index is -0.473. The SMILES string of the molecule is NC(=O)C1=C(Cl)C=C[IH]1. The molecule has 0 aliphatic carbocycles. The molecule has 1 aliphatic heterocycles. The van der Waals surface area contributed by atoms with Crippen molar-refractivity contribution in [2.45, 2.75) is 0 Å². The molecule has 2 nitrogen and oxygen atoms in total. The quantitative estimate of drug-likeness (QED) is 0.704. The summed E-state index contributed by atoms with van der Waals surface area (Å²) in [6.07, 6.45) is 1.74. The monoisotopic (exact) mass is 257 g/mol. The van der Waals surface area contributed by atoms with Gasteiger partial charge in [0.1, 0.15) is 0 Å². The van der Waals surface area contributed by atoms with Gasteiger partial charge in [0.2, 0.25) is 0 Å². The first-order valence-electron chi connectivity index (χ1n) is 2.24. The van der Waals surface area contributed by atoms with Gasteiger partial charge in [-0.2, -0.15) is 0 Å². The summed E-state index contributed by atoms with van der Waals surface area (Å²) in [7, 11) is 0. The summed E-state index contributed by atoms with van der Waals surface area (Å²) in [4.78, 5) is 10.5. The number of hydrogen-bond acceptors (Lipinski definition) is 1. The van der Waals surface area contributed by atoms with Crippen molar-refractivity contribution in [1.29, 1.82) is 0 Å². The van der Waals surface area contributed by atoms with Crippen LogP contribution in [-0.2, 0) is 4.79 Å². The van der Waals surface area contributed by atoms with E-state index in [1.807, 2.05) is 4.08 Å². The maximum atomic E-state index is 10.5. The molecule has 0 spiro atoms. The van der Waals surface area contributed by atoms with Crippen LogP contribution in [0.3, 0.4) is 0 Å². The second kappa shape index (κ2) is 2.70. The van der Waals surface area contributed by atoms with E-state index in [0.29, 0.717) is 8.61 Å². The fourth-order valence-electron chi connectivity index (χ4n) is 0.470. The molecule has 0 aromatic rings. The van der Waals surface area contributed by atoms with E-state index >= 15 is 0 Å². The number of carbonyl (C=O) groups is 1. The van der Waals surface area contributed by atoms with Crippen LogP contribution in [0.2, 0.25) is 0 Å². The molecule has 0 radical (unpaired) electrons. The number of hydrogen-bond donors (Lipinski definition) is 1. The molecule has 0 saturated carbocycles. The third-order valence-corrected chi connectivity index (χ3v) is 4.16. The van der Waals surface area contributed by atoms with E-state index in [1.165, 1.54) is 0 Å². The molecule has 1 rings (SSSR count). The van der Waals surface area contributed by atoms with Crippen molar-refractivity contribution in [3.8, 4) is 0 Å². The Morgan fingerprint density at radius 1 is 1.78 bits per heavy atom. The van der Waals surface area contributed by atoms with Gasteiger partial charge in [-0.05, 0) is 0 Å². The molecule has 0 fully saturated rings. The van der Waals surface area contributed by atoms with E-state index in [-0.39, 0.29) is 5.91 Å². The van der Waals surface area contributed by atoms with Crippen molar-refractivity contribution < 1.29 is 4.79 Å². The number of primary amides is 1. The van der Waals surface area contributed by atoms with Crippen LogP contribution in [0, 0.1) is 0 Å². The first-order chi connectivity index (χ1) is 4.22. The summed E-state index contributed by atoms with van der Waals surface area (Å²) in [5, 5.41) is 0.532. The summed E-state index contributed by atoms with van der Waals surface area (Å²) in [6.45, 7) is 0. The first-order valence-corrected chi connectivity index (χ1v) is 5.13. The van der Waals surface area contributed by atoms with Crippen LogP contribution in [0.1, 0.15) is 0 Å². The molecule has 0 unspecified atom stereocenters. The summed E-state index contributed by atoms with van der Waals surface area (Å²) in [5.74, 6) is -0.368. The van der Waals surface area contributed by atoms with Gasteiger partial charge in [0.25, 0.3) is 0 Å². The molecule has 0 atom stereocenters. The summed E-state index contributed by atoms with van der Waals surface area (Å²) < 4.78 is 2.58. The van der Waals surface area contributed by atoms with Gasteiger partial charge in [-0.3, -0.25) is 0 Å². The van der Waals surface area contributed by atoms with E-state index in [1.54, 1.807) is 6.08 Å². The molecule has 0 aromatic carbocycles. The minimum absolute atomic E-state index is 0.368. The van der Waals surface area contributed by atoms with Crippen molar-refractivity contribution in [1.82, 2.24) is 0 Å². The third-order valence-electron chi connectivity index (χ3n) is 0.841. The second-order valence-corrected chi connectivity index (χ2v) is 4.48. The second-order valence-electron chi connectivity index (χ2n) is 1.46. The van der Waals surface area contributed by atoms with E-state index in [0.717, 1.165) is 0 Å². The number of nitrogens with two attached hydrogens (primary N) is 1. The Kier molecular flexibility index (Phi) is 2.13. The van der Waals surface area contributed by atoms with E-state index < -0.39 is 21.2 Å². The summed E-state index contributed by atoms with van der Waals surface area (Å²) >= 11 is 5.12. The van der Waals surface area contributed by atoms with Gasteiger partial charge in [0, 0.05) is 0 Å². The predicted octanol–water partition coefficient (Wildman–Crippen LogP) is 1.15. The van der Waals surface area contributed by atoms with Gasteiger partial charge in [0.15, 0.2) is 0 Å². The molecule has 9 heavy (non-hydrogen) atoms. The van der Waals surface area contributed by atoms with Crippen LogP contribution >= 0.6 is 32.8 Å². The summed E-state index contributed by atoms with van der Waals surface area (Å²) in [5.41, 5.74) is 5.00. The van der Waals surface area contributed by atoms with E-state index in [2.05, 4.69) is 0 Å².